The van der Waals surface area contributed by atoms with E-state index in [1.54, 1.807) is 43.3 Å². The predicted molar refractivity (Wildman–Crippen MR) is 159 cm³/mol. The minimum atomic E-state index is -4.08. The van der Waals surface area contributed by atoms with E-state index in [-0.39, 0.29) is 23.3 Å². The van der Waals surface area contributed by atoms with Gasteiger partial charge >= 0.3 is 0 Å². The summed E-state index contributed by atoms with van der Waals surface area (Å²) in [6.45, 7) is 7.84. The normalized spacial score (nSPS) is 12.2. The number of nitrogens with zero attached hydrogens (tertiary/aromatic N) is 2. The van der Waals surface area contributed by atoms with Crippen molar-refractivity contribution in [3.8, 4) is 0 Å². The summed E-state index contributed by atoms with van der Waals surface area (Å²) in [4.78, 5) is 28.4. The van der Waals surface area contributed by atoms with E-state index in [1.165, 1.54) is 17.0 Å². The summed E-state index contributed by atoms with van der Waals surface area (Å²) < 4.78 is 29.5. The molecule has 0 aliphatic heterocycles. The first-order valence-electron chi connectivity index (χ1n) is 12.9. The monoisotopic (exact) mass is 613 g/mol. The number of anilines is 1. The molecule has 0 saturated heterocycles. The van der Waals surface area contributed by atoms with Crippen LogP contribution in [-0.4, -0.2) is 50.8 Å². The van der Waals surface area contributed by atoms with Crippen molar-refractivity contribution < 1.29 is 18.0 Å². The summed E-state index contributed by atoms with van der Waals surface area (Å²) in [5.74, 6) is -0.486. The van der Waals surface area contributed by atoms with Crippen LogP contribution in [0.25, 0.3) is 0 Å². The van der Waals surface area contributed by atoms with Crippen LogP contribution < -0.4 is 9.62 Å². The molecule has 0 unspecified atom stereocenters. The number of hydrogen-bond donors (Lipinski definition) is 1. The van der Waals surface area contributed by atoms with E-state index in [9.17, 15) is 18.0 Å². The van der Waals surface area contributed by atoms with Crippen LogP contribution in [0.15, 0.2) is 88.2 Å². The summed E-state index contributed by atoms with van der Waals surface area (Å²) in [6.07, 6.45) is 0.525. The number of aryl methyl sites for hydroxylation is 1. The number of rotatable bonds is 12. The molecule has 208 valence electrons. The topological polar surface area (TPSA) is 86.8 Å². The van der Waals surface area contributed by atoms with E-state index in [0.29, 0.717) is 18.7 Å². The summed E-state index contributed by atoms with van der Waals surface area (Å²) in [5, 5.41) is 2.90. The van der Waals surface area contributed by atoms with Gasteiger partial charge < -0.3 is 10.2 Å². The number of carbonyl (C=O) groups is 2. The maximum atomic E-state index is 13.9. The van der Waals surface area contributed by atoms with E-state index in [1.807, 2.05) is 51.1 Å². The highest BCUT2D eigenvalue weighted by Crippen LogP contribution is 2.26. The second-order valence-electron chi connectivity index (χ2n) is 9.94. The Bertz CT molecular complexity index is 1350. The maximum Gasteiger partial charge on any atom is 0.264 e. The molecule has 3 rings (SSSR count). The zero-order valence-electron chi connectivity index (χ0n) is 22.8. The third-order valence-corrected chi connectivity index (χ3v) is 8.66. The van der Waals surface area contributed by atoms with Crippen molar-refractivity contribution in [2.45, 2.75) is 45.1 Å². The summed E-state index contributed by atoms with van der Waals surface area (Å²) >= 11 is 3.39. The minimum Gasteiger partial charge on any atom is -0.354 e. The number of halogens is 1. The molecule has 39 heavy (non-hydrogen) atoms. The zero-order chi connectivity index (χ0) is 28.6. The van der Waals surface area contributed by atoms with Crippen molar-refractivity contribution in [3.05, 3.63) is 94.5 Å². The lowest BCUT2D eigenvalue weighted by atomic mass is 10.1. The Morgan fingerprint density at radius 3 is 2.10 bits per heavy atom. The second-order valence-corrected chi connectivity index (χ2v) is 12.7. The van der Waals surface area contributed by atoms with Gasteiger partial charge in [-0.3, -0.25) is 13.9 Å². The molecule has 0 aliphatic rings. The third kappa shape index (κ3) is 8.41. The van der Waals surface area contributed by atoms with E-state index in [0.717, 1.165) is 19.9 Å². The molecule has 1 N–H and O–H groups in total. The highest BCUT2D eigenvalue weighted by Gasteiger charge is 2.32. The van der Waals surface area contributed by atoms with Crippen molar-refractivity contribution in [2.75, 3.05) is 23.9 Å². The van der Waals surface area contributed by atoms with E-state index in [2.05, 4.69) is 21.2 Å². The first-order valence-corrected chi connectivity index (χ1v) is 15.2. The number of amides is 2. The Kier molecular flexibility index (Phi) is 10.7. The molecule has 7 nitrogen and oxygen atoms in total. The highest BCUT2D eigenvalue weighted by molar-refractivity contribution is 9.10. The largest absolute Gasteiger partial charge is 0.354 e. The van der Waals surface area contributed by atoms with Gasteiger partial charge in [-0.1, -0.05) is 77.8 Å². The molecule has 2 amide bonds. The fourth-order valence-corrected chi connectivity index (χ4v) is 5.67. The van der Waals surface area contributed by atoms with Crippen molar-refractivity contribution in [1.29, 1.82) is 0 Å². The molecule has 1 atom stereocenters. The van der Waals surface area contributed by atoms with Crippen LogP contribution in [0.4, 0.5) is 5.69 Å². The van der Waals surface area contributed by atoms with Gasteiger partial charge in [0.2, 0.25) is 11.8 Å². The average Bonchev–Trinajstić information content (AvgIpc) is 2.91. The van der Waals surface area contributed by atoms with E-state index < -0.39 is 28.5 Å². The molecule has 0 fully saturated rings. The van der Waals surface area contributed by atoms with Gasteiger partial charge in [-0.15, -0.1) is 0 Å². The van der Waals surface area contributed by atoms with Gasteiger partial charge in [-0.05, 0) is 68.1 Å². The predicted octanol–water partition coefficient (Wildman–Crippen LogP) is 5.18. The van der Waals surface area contributed by atoms with Gasteiger partial charge in [0.1, 0.15) is 12.6 Å². The van der Waals surface area contributed by atoms with Gasteiger partial charge in [-0.25, -0.2) is 8.42 Å². The van der Waals surface area contributed by atoms with E-state index in [4.69, 9.17) is 0 Å². The molecule has 0 saturated carbocycles. The average molecular weight is 615 g/mol. The van der Waals surface area contributed by atoms with Gasteiger partial charge in [-0.2, -0.15) is 0 Å². The Morgan fingerprint density at radius 1 is 0.897 bits per heavy atom. The number of nitrogens with one attached hydrogen (secondary N) is 1. The Morgan fingerprint density at radius 2 is 1.51 bits per heavy atom. The third-order valence-electron chi connectivity index (χ3n) is 6.34. The van der Waals surface area contributed by atoms with E-state index >= 15 is 0 Å². The maximum absolute atomic E-state index is 13.9. The first-order chi connectivity index (χ1) is 18.5. The Labute approximate surface area is 240 Å². The van der Waals surface area contributed by atoms with Crippen LogP contribution in [0.1, 0.15) is 31.9 Å². The fraction of sp³-hybridized carbons (Fsp3) is 0.333. The van der Waals surface area contributed by atoms with Crippen LogP contribution in [0.3, 0.4) is 0 Å². The van der Waals surface area contributed by atoms with Gasteiger partial charge in [0.25, 0.3) is 10.0 Å². The number of hydrogen-bond acceptors (Lipinski definition) is 4. The molecule has 0 bridgehead atoms. The van der Waals surface area contributed by atoms with Crippen molar-refractivity contribution in [2.24, 2.45) is 5.92 Å². The van der Waals surface area contributed by atoms with Crippen LogP contribution >= 0.6 is 15.9 Å². The second kappa shape index (κ2) is 13.8. The number of sulfonamides is 1. The van der Waals surface area contributed by atoms with Crippen molar-refractivity contribution in [3.63, 3.8) is 0 Å². The molecule has 0 aromatic heterocycles. The standard InChI is InChI=1S/C30H36BrN3O4S/c1-22(2)20-32-30(36)24(4)33(19-18-25-8-6-5-7-9-25)29(35)21-34(27-14-12-26(31)13-15-27)39(37,38)28-16-10-23(3)11-17-28/h5-17,22,24H,18-21H2,1-4H3,(H,32,36)/t24-/m1/s1. The molecule has 9 heteroatoms. The fourth-order valence-electron chi connectivity index (χ4n) is 4.00. The minimum absolute atomic E-state index is 0.0855. The molecule has 0 heterocycles. The Hall–Kier alpha value is -3.17. The molecule has 0 aliphatic carbocycles. The van der Waals surface area contributed by atoms with Crippen LogP contribution in [0.5, 0.6) is 0 Å². The SMILES string of the molecule is Cc1ccc(S(=O)(=O)N(CC(=O)N(CCc2ccccc2)[C@H](C)C(=O)NCC(C)C)c2ccc(Br)cc2)cc1. The van der Waals surface area contributed by atoms with Crippen LogP contribution in [0.2, 0.25) is 0 Å². The smallest absolute Gasteiger partial charge is 0.264 e. The first kappa shape index (κ1) is 30.4. The lowest BCUT2D eigenvalue weighted by Crippen LogP contribution is -2.52. The lowest BCUT2D eigenvalue weighted by Gasteiger charge is -2.32. The lowest BCUT2D eigenvalue weighted by molar-refractivity contribution is -0.138. The van der Waals surface area contributed by atoms with Gasteiger partial charge in [0.15, 0.2) is 0 Å². The number of carbonyl (C=O) groups excluding carboxylic acids is 2. The quantitative estimate of drug-likeness (QED) is 0.305. The highest BCUT2D eigenvalue weighted by atomic mass is 79.9. The molecule has 3 aromatic rings. The molecule has 0 spiro atoms. The Balaban J connectivity index is 1.95. The van der Waals surface area contributed by atoms with Crippen molar-refractivity contribution >= 4 is 43.5 Å². The number of benzene rings is 3. The zero-order valence-corrected chi connectivity index (χ0v) is 25.2. The summed E-state index contributed by atoms with van der Waals surface area (Å²) in [7, 11) is -4.08. The summed E-state index contributed by atoms with van der Waals surface area (Å²) in [6, 6.07) is 22.2. The molecule has 0 radical (unpaired) electrons. The van der Waals surface area contributed by atoms with Crippen LogP contribution in [-0.2, 0) is 26.0 Å². The molecular weight excluding hydrogens is 578 g/mol. The van der Waals surface area contributed by atoms with Crippen molar-refractivity contribution in [1.82, 2.24) is 10.2 Å². The summed E-state index contributed by atoms with van der Waals surface area (Å²) in [5.41, 5.74) is 2.29. The molecule has 3 aromatic carbocycles. The molecular formula is C30H36BrN3O4S. The van der Waals surface area contributed by atoms with Gasteiger partial charge in [0.05, 0.1) is 10.6 Å². The van der Waals surface area contributed by atoms with Gasteiger partial charge in [0, 0.05) is 17.6 Å². The van der Waals surface area contributed by atoms with Crippen LogP contribution in [0, 0.1) is 12.8 Å².